The zero-order valence-electron chi connectivity index (χ0n) is 14.3. The topological polar surface area (TPSA) is 61.9 Å². The Morgan fingerprint density at radius 1 is 1.13 bits per heavy atom. The van der Waals surface area contributed by atoms with Gasteiger partial charge in [0, 0.05) is 50.8 Å². The highest BCUT2D eigenvalue weighted by Gasteiger charge is 2.52. The first-order chi connectivity index (χ1) is 11.0. The van der Waals surface area contributed by atoms with Gasteiger partial charge in [-0.1, -0.05) is 0 Å². The SMILES string of the molecule is CC(C)NC(=O)[C@H]1CN(C(=O)N2CCCC2)CC12CCOCC2. The van der Waals surface area contributed by atoms with Gasteiger partial charge in [-0.15, -0.1) is 0 Å². The first kappa shape index (κ1) is 16.6. The summed E-state index contributed by atoms with van der Waals surface area (Å²) in [4.78, 5) is 29.3. The Morgan fingerprint density at radius 2 is 1.78 bits per heavy atom. The molecule has 3 saturated heterocycles. The van der Waals surface area contributed by atoms with E-state index in [1.807, 2.05) is 23.6 Å². The summed E-state index contributed by atoms with van der Waals surface area (Å²) in [6.45, 7) is 8.31. The molecule has 0 aliphatic carbocycles. The average molecular weight is 323 g/mol. The Balaban J connectivity index is 1.75. The second-order valence-electron chi connectivity index (χ2n) is 7.55. The maximum absolute atomic E-state index is 12.8. The lowest BCUT2D eigenvalue weighted by Gasteiger charge is -2.37. The molecule has 0 bridgehead atoms. The van der Waals surface area contributed by atoms with Gasteiger partial charge in [-0.25, -0.2) is 4.79 Å². The fraction of sp³-hybridized carbons (Fsp3) is 0.882. The molecule has 1 atom stereocenters. The van der Waals surface area contributed by atoms with E-state index in [9.17, 15) is 9.59 Å². The van der Waals surface area contributed by atoms with E-state index < -0.39 is 0 Å². The van der Waals surface area contributed by atoms with Crippen LogP contribution in [0.3, 0.4) is 0 Å². The van der Waals surface area contributed by atoms with E-state index in [2.05, 4.69) is 5.32 Å². The van der Waals surface area contributed by atoms with E-state index in [4.69, 9.17) is 4.74 Å². The van der Waals surface area contributed by atoms with Crippen LogP contribution < -0.4 is 5.32 Å². The number of amides is 3. The summed E-state index contributed by atoms with van der Waals surface area (Å²) in [6, 6.07) is 0.246. The van der Waals surface area contributed by atoms with Crippen LogP contribution in [0.4, 0.5) is 4.79 Å². The lowest BCUT2D eigenvalue weighted by Crippen LogP contribution is -2.46. The van der Waals surface area contributed by atoms with Crippen molar-refractivity contribution >= 4 is 11.9 Å². The number of urea groups is 1. The van der Waals surface area contributed by atoms with Gasteiger partial charge in [0.2, 0.25) is 5.91 Å². The summed E-state index contributed by atoms with van der Waals surface area (Å²) < 4.78 is 5.52. The summed E-state index contributed by atoms with van der Waals surface area (Å²) in [5, 5.41) is 3.05. The van der Waals surface area contributed by atoms with Gasteiger partial charge in [0.1, 0.15) is 0 Å². The number of hydrogen-bond donors (Lipinski definition) is 1. The third kappa shape index (κ3) is 3.32. The van der Waals surface area contributed by atoms with Gasteiger partial charge in [0.15, 0.2) is 0 Å². The Hall–Kier alpha value is -1.30. The first-order valence-corrected chi connectivity index (χ1v) is 8.94. The minimum Gasteiger partial charge on any atom is -0.381 e. The zero-order valence-corrected chi connectivity index (χ0v) is 14.3. The predicted octanol–water partition coefficient (Wildman–Crippen LogP) is 1.46. The molecular formula is C17H29N3O3. The molecule has 0 aromatic heterocycles. The third-order valence-corrected chi connectivity index (χ3v) is 5.53. The number of carbonyl (C=O) groups excluding carboxylic acids is 2. The van der Waals surface area contributed by atoms with Crippen molar-refractivity contribution in [3.8, 4) is 0 Å². The highest BCUT2D eigenvalue weighted by Crippen LogP contribution is 2.44. The van der Waals surface area contributed by atoms with Crippen LogP contribution in [0.2, 0.25) is 0 Å². The summed E-state index contributed by atoms with van der Waals surface area (Å²) >= 11 is 0. The van der Waals surface area contributed by atoms with E-state index in [-0.39, 0.29) is 29.3 Å². The fourth-order valence-corrected chi connectivity index (χ4v) is 4.25. The van der Waals surface area contributed by atoms with Crippen molar-refractivity contribution in [1.82, 2.24) is 15.1 Å². The molecule has 0 radical (unpaired) electrons. The number of ether oxygens (including phenoxy) is 1. The zero-order chi connectivity index (χ0) is 16.4. The molecule has 3 aliphatic rings. The molecule has 1 N–H and O–H groups in total. The Kier molecular flexibility index (Phi) is 4.80. The predicted molar refractivity (Wildman–Crippen MR) is 87.0 cm³/mol. The molecule has 6 heteroatoms. The molecule has 1 spiro atoms. The maximum Gasteiger partial charge on any atom is 0.320 e. The van der Waals surface area contributed by atoms with Gasteiger partial charge in [-0.3, -0.25) is 4.79 Å². The molecule has 130 valence electrons. The summed E-state index contributed by atoms with van der Waals surface area (Å²) in [5.41, 5.74) is -0.105. The molecule has 6 nitrogen and oxygen atoms in total. The first-order valence-electron chi connectivity index (χ1n) is 8.94. The van der Waals surface area contributed by atoms with Gasteiger partial charge < -0.3 is 19.9 Å². The van der Waals surface area contributed by atoms with E-state index in [0.29, 0.717) is 26.3 Å². The summed E-state index contributed by atoms with van der Waals surface area (Å²) in [5.74, 6) is -0.0148. The lowest BCUT2D eigenvalue weighted by atomic mass is 9.71. The molecule has 3 heterocycles. The molecule has 3 rings (SSSR count). The van der Waals surface area contributed by atoms with Crippen LogP contribution in [-0.2, 0) is 9.53 Å². The number of nitrogens with one attached hydrogen (secondary N) is 1. The van der Waals surface area contributed by atoms with Crippen LogP contribution in [0.1, 0.15) is 39.5 Å². The van der Waals surface area contributed by atoms with Crippen LogP contribution in [0.15, 0.2) is 0 Å². The van der Waals surface area contributed by atoms with Crippen molar-refractivity contribution in [3.05, 3.63) is 0 Å². The van der Waals surface area contributed by atoms with Crippen LogP contribution in [-0.4, -0.2) is 67.2 Å². The number of likely N-dealkylation sites (tertiary alicyclic amines) is 2. The summed E-state index contributed by atoms with van der Waals surface area (Å²) in [6.07, 6.45) is 3.92. The van der Waals surface area contributed by atoms with Gasteiger partial charge in [0.25, 0.3) is 0 Å². The van der Waals surface area contributed by atoms with Crippen LogP contribution in [0, 0.1) is 11.3 Å². The Bertz CT molecular complexity index is 454. The summed E-state index contributed by atoms with van der Waals surface area (Å²) in [7, 11) is 0. The molecule has 0 aromatic rings. The van der Waals surface area contributed by atoms with Crippen molar-refractivity contribution in [2.24, 2.45) is 11.3 Å². The third-order valence-electron chi connectivity index (χ3n) is 5.53. The molecule has 0 aromatic carbocycles. The second-order valence-corrected chi connectivity index (χ2v) is 7.55. The monoisotopic (exact) mass is 323 g/mol. The van der Waals surface area contributed by atoms with E-state index in [0.717, 1.165) is 38.8 Å². The Labute approximate surface area is 138 Å². The van der Waals surface area contributed by atoms with Crippen molar-refractivity contribution in [2.45, 2.75) is 45.6 Å². The Morgan fingerprint density at radius 3 is 2.39 bits per heavy atom. The standard InChI is InChI=1S/C17H29N3O3/c1-13(2)18-15(21)14-11-20(16(22)19-7-3-4-8-19)12-17(14)5-9-23-10-6-17/h13-14H,3-12H2,1-2H3,(H,18,21)/t14-/m1/s1. The van der Waals surface area contributed by atoms with Crippen molar-refractivity contribution < 1.29 is 14.3 Å². The molecule has 0 unspecified atom stereocenters. The number of nitrogens with zero attached hydrogens (tertiary/aromatic N) is 2. The number of carbonyl (C=O) groups is 2. The highest BCUT2D eigenvalue weighted by molar-refractivity contribution is 5.83. The van der Waals surface area contributed by atoms with Crippen molar-refractivity contribution in [2.75, 3.05) is 39.4 Å². The van der Waals surface area contributed by atoms with E-state index >= 15 is 0 Å². The smallest absolute Gasteiger partial charge is 0.320 e. The molecule has 3 amide bonds. The van der Waals surface area contributed by atoms with Crippen LogP contribution in [0.25, 0.3) is 0 Å². The number of rotatable bonds is 2. The largest absolute Gasteiger partial charge is 0.381 e. The quantitative estimate of drug-likeness (QED) is 0.837. The molecular weight excluding hydrogens is 294 g/mol. The fourth-order valence-electron chi connectivity index (χ4n) is 4.25. The average Bonchev–Trinajstić information content (AvgIpc) is 3.15. The van der Waals surface area contributed by atoms with Gasteiger partial charge >= 0.3 is 6.03 Å². The minimum absolute atomic E-state index is 0.0959. The normalized spacial score (nSPS) is 27.0. The van der Waals surface area contributed by atoms with Crippen LogP contribution >= 0.6 is 0 Å². The maximum atomic E-state index is 12.8. The van der Waals surface area contributed by atoms with E-state index in [1.165, 1.54) is 0 Å². The van der Waals surface area contributed by atoms with Crippen molar-refractivity contribution in [3.63, 3.8) is 0 Å². The highest BCUT2D eigenvalue weighted by atomic mass is 16.5. The molecule has 0 saturated carbocycles. The van der Waals surface area contributed by atoms with Gasteiger partial charge in [-0.05, 0) is 39.5 Å². The minimum atomic E-state index is -0.111. The van der Waals surface area contributed by atoms with Crippen molar-refractivity contribution in [1.29, 1.82) is 0 Å². The number of hydrogen-bond acceptors (Lipinski definition) is 3. The molecule has 3 fully saturated rings. The van der Waals surface area contributed by atoms with Gasteiger partial charge in [-0.2, -0.15) is 0 Å². The molecule has 23 heavy (non-hydrogen) atoms. The molecule has 3 aliphatic heterocycles. The van der Waals surface area contributed by atoms with Crippen LogP contribution in [0.5, 0.6) is 0 Å². The lowest BCUT2D eigenvalue weighted by molar-refractivity contribution is -0.130. The van der Waals surface area contributed by atoms with Gasteiger partial charge in [0.05, 0.1) is 5.92 Å². The second kappa shape index (κ2) is 6.67. The van der Waals surface area contributed by atoms with E-state index in [1.54, 1.807) is 0 Å².